The first kappa shape index (κ1) is 35.2. The lowest BCUT2D eigenvalue weighted by Crippen LogP contribution is -2.53. The van der Waals surface area contributed by atoms with Gasteiger partial charge < -0.3 is 34.3 Å². The molecule has 1 fully saturated rings. The van der Waals surface area contributed by atoms with Crippen LogP contribution in [-0.4, -0.2) is 58.6 Å². The summed E-state index contributed by atoms with van der Waals surface area (Å²) in [5.74, 6) is -4.49. The van der Waals surface area contributed by atoms with E-state index in [-0.39, 0.29) is 53.7 Å². The van der Waals surface area contributed by atoms with Crippen LogP contribution in [-0.2, 0) is 28.0 Å². The summed E-state index contributed by atoms with van der Waals surface area (Å²) in [5.41, 5.74) is 2.86. The number of likely N-dealkylation sites (tertiary alicyclic amines) is 1. The molecular weight excluding hydrogens is 702 g/mol. The summed E-state index contributed by atoms with van der Waals surface area (Å²) in [6.45, 7) is 5.93. The van der Waals surface area contributed by atoms with Crippen molar-refractivity contribution in [1.29, 1.82) is 0 Å². The summed E-state index contributed by atoms with van der Waals surface area (Å²) in [6.07, 6.45) is 1.80. The zero-order valence-corrected chi connectivity index (χ0v) is 29.5. The van der Waals surface area contributed by atoms with Crippen LogP contribution in [0, 0.1) is 11.6 Å². The Morgan fingerprint density at radius 3 is 2.52 bits per heavy atom. The topological polar surface area (TPSA) is 144 Å². The second-order valence-electron chi connectivity index (χ2n) is 13.8. The quantitative estimate of drug-likeness (QED) is 0.193. The van der Waals surface area contributed by atoms with Gasteiger partial charge in [0.1, 0.15) is 17.2 Å². The van der Waals surface area contributed by atoms with Crippen molar-refractivity contribution in [3.05, 3.63) is 92.4 Å². The summed E-state index contributed by atoms with van der Waals surface area (Å²) in [5, 5.41) is 3.53. The van der Waals surface area contributed by atoms with E-state index in [9.17, 15) is 14.4 Å². The summed E-state index contributed by atoms with van der Waals surface area (Å²) in [4.78, 5) is 41.4. The average Bonchev–Trinajstić information content (AvgIpc) is 3.75. The van der Waals surface area contributed by atoms with Crippen LogP contribution in [0.2, 0.25) is 5.02 Å². The number of methoxy groups -OCH3 is 1. The van der Waals surface area contributed by atoms with Gasteiger partial charge in [0.15, 0.2) is 22.9 Å². The summed E-state index contributed by atoms with van der Waals surface area (Å²) < 4.78 is 63.2. The highest BCUT2D eigenvalue weighted by Crippen LogP contribution is 2.55. The third-order valence-electron chi connectivity index (χ3n) is 9.30. The molecule has 7 rings (SSSR count). The van der Waals surface area contributed by atoms with Crippen LogP contribution in [0.4, 0.5) is 13.6 Å². The van der Waals surface area contributed by atoms with Crippen molar-refractivity contribution in [3.63, 3.8) is 0 Å². The minimum Gasteiger partial charge on any atom is -0.480 e. The van der Waals surface area contributed by atoms with Gasteiger partial charge in [-0.3, -0.25) is 9.59 Å². The fourth-order valence-corrected chi connectivity index (χ4v) is 7.37. The number of halogens is 3. The minimum atomic E-state index is -1.31. The highest BCUT2D eigenvalue weighted by Gasteiger charge is 2.54. The number of carbonyl (C=O) groups excluding carboxylic acids is 2. The zero-order valence-electron chi connectivity index (χ0n) is 28.8. The smallest absolute Gasteiger partial charge is 0.410 e. The zero-order chi connectivity index (χ0) is 37.1. The number of rotatable bonds is 7. The van der Waals surface area contributed by atoms with E-state index in [1.54, 1.807) is 25.7 Å². The normalized spacial score (nSPS) is 18.8. The van der Waals surface area contributed by atoms with Crippen LogP contribution < -0.4 is 25.5 Å². The molecule has 1 saturated heterocycles. The molecule has 0 radical (unpaired) electrons. The SMILES string of the molecule is COCCn1ncc2c(c1=O)Oc1c(cc(C(N)=O)c(-c3c(Cl)c(F)cc4c3C[C@](c3ccccc3)([C@@H]3CCCN3C(=O)OC(C)(C)C)O4)c1F)O2. The summed E-state index contributed by atoms with van der Waals surface area (Å²) in [6, 6.07) is 10.8. The maximum atomic E-state index is 17.1. The lowest BCUT2D eigenvalue weighted by Gasteiger charge is -2.40. The molecule has 3 aromatic carbocycles. The monoisotopic (exact) mass is 736 g/mol. The molecule has 0 unspecified atom stereocenters. The molecule has 2 atom stereocenters. The van der Waals surface area contributed by atoms with Crippen LogP contribution in [0.1, 0.15) is 55.1 Å². The van der Waals surface area contributed by atoms with E-state index in [4.69, 9.17) is 41.0 Å². The molecule has 12 nitrogen and oxygen atoms in total. The number of carbonyl (C=O) groups is 2. The second-order valence-corrected chi connectivity index (χ2v) is 14.1. The molecule has 4 aromatic rings. The van der Waals surface area contributed by atoms with E-state index in [0.717, 1.165) is 16.8 Å². The number of amides is 2. The van der Waals surface area contributed by atoms with Crippen LogP contribution in [0.25, 0.3) is 11.1 Å². The van der Waals surface area contributed by atoms with Crippen LogP contribution in [0.5, 0.6) is 28.7 Å². The van der Waals surface area contributed by atoms with Gasteiger partial charge in [0.2, 0.25) is 17.4 Å². The van der Waals surface area contributed by atoms with Crippen LogP contribution in [0.15, 0.2) is 53.5 Å². The number of hydrogen-bond acceptors (Lipinski definition) is 9. The third-order valence-corrected chi connectivity index (χ3v) is 9.67. The van der Waals surface area contributed by atoms with Crippen LogP contribution in [0.3, 0.4) is 0 Å². The molecule has 0 bridgehead atoms. The van der Waals surface area contributed by atoms with Gasteiger partial charge in [-0.2, -0.15) is 5.10 Å². The molecule has 3 aliphatic heterocycles. The molecule has 0 spiro atoms. The Kier molecular flexibility index (Phi) is 8.86. The number of aromatic nitrogens is 2. The van der Waals surface area contributed by atoms with E-state index in [1.165, 1.54) is 13.3 Å². The van der Waals surface area contributed by atoms with E-state index >= 15 is 8.78 Å². The number of nitrogens with two attached hydrogens (primary N) is 1. The maximum Gasteiger partial charge on any atom is 0.410 e. The number of primary amides is 1. The van der Waals surface area contributed by atoms with Crippen molar-refractivity contribution in [2.45, 2.75) is 63.8 Å². The first-order valence-electron chi connectivity index (χ1n) is 16.6. The van der Waals surface area contributed by atoms with Crippen molar-refractivity contribution in [2.24, 2.45) is 5.73 Å². The fraction of sp³-hybridized carbons (Fsp3) is 0.351. The lowest BCUT2D eigenvalue weighted by molar-refractivity contribution is -0.0216. The molecule has 2 N–H and O–H groups in total. The maximum absolute atomic E-state index is 17.1. The largest absolute Gasteiger partial charge is 0.480 e. The van der Waals surface area contributed by atoms with Crippen molar-refractivity contribution >= 4 is 23.6 Å². The molecule has 1 aromatic heterocycles. The van der Waals surface area contributed by atoms with Gasteiger partial charge in [-0.05, 0) is 45.2 Å². The summed E-state index contributed by atoms with van der Waals surface area (Å²) >= 11 is 6.69. The van der Waals surface area contributed by atoms with Crippen molar-refractivity contribution in [2.75, 3.05) is 20.3 Å². The first-order valence-corrected chi connectivity index (χ1v) is 17.0. The predicted molar refractivity (Wildman–Crippen MR) is 184 cm³/mol. The second kappa shape index (κ2) is 13.1. The average molecular weight is 737 g/mol. The Balaban J connectivity index is 1.39. The standard InChI is InChI=1S/C37H35ClF2N4O8/c1-36(2,3)52-35(47)43-12-8-11-26(43)37(19-9-6-5-7-10-19)17-21-23(51-37)16-22(39)29(38)27(21)28-20(33(41)45)15-24-31(30(28)40)50-32-25(49-24)18-42-44(34(32)46)13-14-48-4/h5-7,9-10,15-16,18,26H,8,11-14,17H2,1-4H3,(H2,41,45)/t26-,37-/m0/s1. The molecule has 4 heterocycles. The lowest BCUT2D eigenvalue weighted by atomic mass is 9.79. The van der Waals surface area contributed by atoms with E-state index in [2.05, 4.69) is 5.10 Å². The van der Waals surface area contributed by atoms with Gasteiger partial charge in [0, 0.05) is 42.8 Å². The van der Waals surface area contributed by atoms with E-state index < -0.39 is 68.3 Å². The molecule has 52 heavy (non-hydrogen) atoms. The molecule has 272 valence electrons. The van der Waals surface area contributed by atoms with Crippen molar-refractivity contribution in [3.8, 4) is 39.9 Å². The Morgan fingerprint density at radius 2 is 1.83 bits per heavy atom. The van der Waals surface area contributed by atoms with Gasteiger partial charge in [-0.25, -0.2) is 18.3 Å². The molecular formula is C37H35ClF2N4O8. The van der Waals surface area contributed by atoms with E-state index in [0.29, 0.717) is 24.9 Å². The molecule has 3 aliphatic rings. The van der Waals surface area contributed by atoms with Gasteiger partial charge in [0.25, 0.3) is 0 Å². The van der Waals surface area contributed by atoms with Gasteiger partial charge in [-0.1, -0.05) is 41.9 Å². The number of nitrogens with zero attached hydrogens (tertiary/aromatic N) is 3. The minimum absolute atomic E-state index is 0.0174. The number of benzene rings is 3. The molecule has 2 amide bonds. The molecule has 0 aliphatic carbocycles. The first-order chi connectivity index (χ1) is 24.7. The van der Waals surface area contributed by atoms with Gasteiger partial charge >= 0.3 is 11.7 Å². The summed E-state index contributed by atoms with van der Waals surface area (Å²) in [7, 11) is 1.46. The van der Waals surface area contributed by atoms with E-state index in [1.807, 2.05) is 30.3 Å². The molecule has 15 heteroatoms. The highest BCUT2D eigenvalue weighted by atomic mass is 35.5. The molecule has 0 saturated carbocycles. The van der Waals surface area contributed by atoms with Crippen molar-refractivity contribution < 1.29 is 42.1 Å². The van der Waals surface area contributed by atoms with Gasteiger partial charge in [0.05, 0.1) is 36.0 Å². The fourth-order valence-electron chi connectivity index (χ4n) is 7.11. The number of fused-ring (bicyclic) bond motifs is 3. The Hall–Kier alpha value is -5.21. The van der Waals surface area contributed by atoms with Gasteiger partial charge in [-0.15, -0.1) is 0 Å². The Bertz CT molecular complexity index is 2170. The number of hydrogen-bond donors (Lipinski definition) is 1. The predicted octanol–water partition coefficient (Wildman–Crippen LogP) is 6.72. The number of ether oxygens (including phenoxy) is 5. The Morgan fingerprint density at radius 1 is 1.08 bits per heavy atom. The van der Waals surface area contributed by atoms with Crippen molar-refractivity contribution in [1.82, 2.24) is 14.7 Å². The Labute approximate surface area is 301 Å². The third kappa shape index (κ3) is 5.89. The highest BCUT2D eigenvalue weighted by molar-refractivity contribution is 6.34. The van der Waals surface area contributed by atoms with Crippen LogP contribution >= 0.6 is 11.6 Å².